The van der Waals surface area contributed by atoms with Crippen LogP contribution in [0.4, 0.5) is 5.95 Å². The SMILES string of the molecule is Br.Cc1ccc(-n2c(C)cc(C=C(C#N)c3nnc(N4CCOCC4)n3-c3ccccc3)c2C)c(C)c1. The van der Waals surface area contributed by atoms with E-state index in [0.29, 0.717) is 24.6 Å². The Morgan fingerprint density at radius 2 is 1.68 bits per heavy atom. The van der Waals surface area contributed by atoms with Crippen molar-refractivity contribution in [1.82, 2.24) is 19.3 Å². The Balaban J connectivity index is 0.00000320. The Morgan fingerprint density at radius 1 is 0.946 bits per heavy atom. The standard InChI is InChI=1S/C29H30N6O.BrH/c1-20-10-11-27(21(2)16-20)34-22(3)17-24(23(34)4)18-25(19-30)28-31-32-29(33-12-14-36-15-13-33)35(28)26-8-6-5-7-9-26;/h5-11,16-18H,12-15H2,1-4H3;1H. The summed E-state index contributed by atoms with van der Waals surface area (Å²) in [5, 5.41) is 19.3. The molecule has 1 saturated heterocycles. The molecule has 1 aliphatic heterocycles. The van der Waals surface area contributed by atoms with E-state index in [1.54, 1.807) is 0 Å². The van der Waals surface area contributed by atoms with Crippen molar-refractivity contribution in [1.29, 1.82) is 5.26 Å². The van der Waals surface area contributed by atoms with E-state index in [2.05, 4.69) is 77.7 Å². The van der Waals surface area contributed by atoms with Gasteiger partial charge in [-0.1, -0.05) is 35.9 Å². The summed E-state index contributed by atoms with van der Waals surface area (Å²) in [6.45, 7) is 11.2. The third-order valence-corrected chi connectivity index (χ3v) is 6.68. The normalized spacial score (nSPS) is 13.8. The lowest BCUT2D eigenvalue weighted by molar-refractivity contribution is 0.122. The molecule has 4 aromatic rings. The molecule has 0 unspecified atom stereocenters. The van der Waals surface area contributed by atoms with Crippen LogP contribution < -0.4 is 4.90 Å². The van der Waals surface area contributed by atoms with Crippen LogP contribution in [0.15, 0.2) is 54.6 Å². The summed E-state index contributed by atoms with van der Waals surface area (Å²) in [6.07, 6.45) is 1.93. The molecule has 8 heteroatoms. The summed E-state index contributed by atoms with van der Waals surface area (Å²) >= 11 is 0. The first-order valence-electron chi connectivity index (χ1n) is 12.2. The first kappa shape index (κ1) is 26.4. The lowest BCUT2D eigenvalue weighted by Crippen LogP contribution is -2.38. The molecular formula is C29H31BrN6O. The van der Waals surface area contributed by atoms with Crippen molar-refractivity contribution in [2.75, 3.05) is 31.2 Å². The highest BCUT2D eigenvalue weighted by Crippen LogP contribution is 2.29. The van der Waals surface area contributed by atoms with Crippen LogP contribution in [-0.2, 0) is 4.74 Å². The number of allylic oxidation sites excluding steroid dienone is 1. The van der Waals surface area contributed by atoms with Crippen LogP contribution in [0.5, 0.6) is 0 Å². The molecule has 0 radical (unpaired) electrons. The highest BCUT2D eigenvalue weighted by Gasteiger charge is 2.24. The number of aryl methyl sites for hydroxylation is 3. The number of rotatable bonds is 5. The van der Waals surface area contributed by atoms with Gasteiger partial charge in [0.2, 0.25) is 5.95 Å². The second-order valence-corrected chi connectivity index (χ2v) is 9.22. The van der Waals surface area contributed by atoms with Crippen LogP contribution in [-0.4, -0.2) is 45.6 Å². The number of ether oxygens (including phenoxy) is 1. The summed E-state index contributed by atoms with van der Waals surface area (Å²) in [6, 6.07) is 21.0. The molecule has 2 aromatic carbocycles. The molecule has 37 heavy (non-hydrogen) atoms. The highest BCUT2D eigenvalue weighted by molar-refractivity contribution is 8.93. The number of morpholine rings is 1. The topological polar surface area (TPSA) is 71.9 Å². The van der Waals surface area contributed by atoms with E-state index in [4.69, 9.17) is 4.74 Å². The number of hydrogen-bond acceptors (Lipinski definition) is 5. The van der Waals surface area contributed by atoms with Gasteiger partial charge in [0.1, 0.15) is 6.07 Å². The number of benzene rings is 2. The Hall–Kier alpha value is -3.67. The van der Waals surface area contributed by atoms with E-state index >= 15 is 0 Å². The number of hydrogen-bond donors (Lipinski definition) is 0. The van der Waals surface area contributed by atoms with E-state index in [9.17, 15) is 5.26 Å². The number of halogens is 1. The minimum atomic E-state index is 0. The molecule has 7 nitrogen and oxygen atoms in total. The third-order valence-electron chi connectivity index (χ3n) is 6.68. The van der Waals surface area contributed by atoms with Crippen molar-refractivity contribution >= 4 is 34.6 Å². The molecule has 0 aliphatic carbocycles. The lowest BCUT2D eigenvalue weighted by Gasteiger charge is -2.28. The van der Waals surface area contributed by atoms with Crippen molar-refractivity contribution in [2.45, 2.75) is 27.7 Å². The van der Waals surface area contributed by atoms with E-state index < -0.39 is 0 Å². The molecular weight excluding hydrogens is 528 g/mol. The fraction of sp³-hybridized carbons (Fsp3) is 0.276. The van der Waals surface area contributed by atoms with E-state index in [1.807, 2.05) is 41.0 Å². The zero-order chi connectivity index (χ0) is 25.2. The fourth-order valence-electron chi connectivity index (χ4n) is 4.90. The molecule has 5 rings (SSSR count). The molecule has 0 spiro atoms. The molecule has 0 bridgehead atoms. The van der Waals surface area contributed by atoms with Crippen molar-refractivity contribution in [2.24, 2.45) is 0 Å². The number of aromatic nitrogens is 4. The smallest absolute Gasteiger partial charge is 0.232 e. The Labute approximate surface area is 228 Å². The fourth-order valence-corrected chi connectivity index (χ4v) is 4.90. The Bertz CT molecular complexity index is 1470. The summed E-state index contributed by atoms with van der Waals surface area (Å²) in [5.74, 6) is 1.25. The van der Waals surface area contributed by atoms with Crippen LogP contribution in [0, 0.1) is 39.0 Å². The van der Waals surface area contributed by atoms with Crippen molar-refractivity contribution in [3.05, 3.63) is 88.5 Å². The van der Waals surface area contributed by atoms with Gasteiger partial charge in [-0.05, 0) is 69.2 Å². The molecule has 190 valence electrons. The van der Waals surface area contributed by atoms with Crippen LogP contribution >= 0.6 is 17.0 Å². The number of nitrogens with zero attached hydrogens (tertiary/aromatic N) is 6. The second-order valence-electron chi connectivity index (χ2n) is 9.22. The van der Waals surface area contributed by atoms with Crippen molar-refractivity contribution in [3.8, 4) is 17.4 Å². The maximum absolute atomic E-state index is 10.3. The monoisotopic (exact) mass is 558 g/mol. The zero-order valence-electron chi connectivity index (χ0n) is 21.6. The minimum Gasteiger partial charge on any atom is -0.378 e. The van der Waals surface area contributed by atoms with Gasteiger partial charge in [0.25, 0.3) is 0 Å². The maximum atomic E-state index is 10.3. The minimum absolute atomic E-state index is 0. The van der Waals surface area contributed by atoms with E-state index in [1.165, 1.54) is 11.1 Å². The van der Waals surface area contributed by atoms with Gasteiger partial charge < -0.3 is 14.2 Å². The summed E-state index contributed by atoms with van der Waals surface area (Å²) < 4.78 is 9.76. The Kier molecular flexibility index (Phi) is 7.96. The lowest BCUT2D eigenvalue weighted by atomic mass is 10.1. The number of para-hydroxylation sites is 1. The van der Waals surface area contributed by atoms with E-state index in [0.717, 1.165) is 47.4 Å². The highest BCUT2D eigenvalue weighted by atomic mass is 79.9. The summed E-state index contributed by atoms with van der Waals surface area (Å²) in [7, 11) is 0. The van der Waals surface area contributed by atoms with Crippen LogP contribution in [0.25, 0.3) is 23.0 Å². The predicted molar refractivity (Wildman–Crippen MR) is 153 cm³/mol. The van der Waals surface area contributed by atoms with Crippen LogP contribution in [0.1, 0.15) is 33.9 Å². The zero-order valence-corrected chi connectivity index (χ0v) is 23.3. The average molecular weight is 560 g/mol. The van der Waals surface area contributed by atoms with Gasteiger partial charge in [0.05, 0.1) is 24.5 Å². The first-order valence-corrected chi connectivity index (χ1v) is 12.2. The molecule has 1 fully saturated rings. The third kappa shape index (κ3) is 5.10. The summed E-state index contributed by atoms with van der Waals surface area (Å²) in [4.78, 5) is 2.16. The molecule has 1 aliphatic rings. The molecule has 0 N–H and O–H groups in total. The van der Waals surface area contributed by atoms with Gasteiger partial charge >= 0.3 is 0 Å². The van der Waals surface area contributed by atoms with Crippen molar-refractivity contribution < 1.29 is 4.74 Å². The van der Waals surface area contributed by atoms with E-state index in [-0.39, 0.29) is 17.0 Å². The van der Waals surface area contributed by atoms with Gasteiger partial charge in [0.15, 0.2) is 5.82 Å². The second kappa shape index (κ2) is 11.2. The maximum Gasteiger partial charge on any atom is 0.232 e. The van der Waals surface area contributed by atoms with Gasteiger partial charge in [-0.15, -0.1) is 27.2 Å². The number of nitriles is 1. The quantitative estimate of drug-likeness (QED) is 0.291. The molecule has 3 heterocycles. The first-order chi connectivity index (χ1) is 17.5. The molecule has 0 amide bonds. The van der Waals surface area contributed by atoms with Gasteiger partial charge in [-0.25, -0.2) is 0 Å². The molecule has 2 aromatic heterocycles. The molecule has 0 saturated carbocycles. The van der Waals surface area contributed by atoms with Gasteiger partial charge in [-0.3, -0.25) is 4.57 Å². The van der Waals surface area contributed by atoms with Crippen LogP contribution in [0.2, 0.25) is 0 Å². The van der Waals surface area contributed by atoms with Gasteiger partial charge in [-0.2, -0.15) is 5.26 Å². The number of anilines is 1. The molecule has 0 atom stereocenters. The van der Waals surface area contributed by atoms with Crippen LogP contribution in [0.3, 0.4) is 0 Å². The van der Waals surface area contributed by atoms with Crippen molar-refractivity contribution in [3.63, 3.8) is 0 Å². The Morgan fingerprint density at radius 3 is 2.35 bits per heavy atom. The predicted octanol–water partition coefficient (Wildman–Crippen LogP) is 5.77. The van der Waals surface area contributed by atoms with Gasteiger partial charge in [0, 0.05) is 30.2 Å². The average Bonchev–Trinajstić information content (AvgIpc) is 3.45. The summed E-state index contributed by atoms with van der Waals surface area (Å²) in [5.41, 5.74) is 8.16. The largest absolute Gasteiger partial charge is 0.378 e.